The van der Waals surface area contributed by atoms with E-state index in [0.29, 0.717) is 29.7 Å². The number of nitrogens with zero attached hydrogens (tertiary/aromatic N) is 2. The lowest BCUT2D eigenvalue weighted by molar-refractivity contribution is -0.139. The predicted octanol–water partition coefficient (Wildman–Crippen LogP) is 4.25. The van der Waals surface area contributed by atoms with Gasteiger partial charge in [-0.15, -0.1) is 0 Å². The minimum Gasteiger partial charge on any atom is -0.486 e. The summed E-state index contributed by atoms with van der Waals surface area (Å²) in [6.07, 6.45) is 0. The van der Waals surface area contributed by atoms with Crippen LogP contribution < -0.4 is 19.1 Å². The average molecular weight is 586 g/mol. The van der Waals surface area contributed by atoms with E-state index >= 15 is 0 Å². The number of anilines is 1. The van der Waals surface area contributed by atoms with Crippen LogP contribution in [-0.2, 0) is 26.2 Å². The van der Waals surface area contributed by atoms with Crippen LogP contribution in [0.3, 0.4) is 0 Å². The first-order valence-electron chi connectivity index (χ1n) is 12.9. The zero-order chi connectivity index (χ0) is 28.9. The third kappa shape index (κ3) is 6.86. The van der Waals surface area contributed by atoms with Gasteiger partial charge in [0.05, 0.1) is 10.6 Å². The van der Waals surface area contributed by atoms with Gasteiger partial charge in [0.1, 0.15) is 25.8 Å². The number of sulfonamides is 1. The molecule has 3 aromatic carbocycles. The summed E-state index contributed by atoms with van der Waals surface area (Å²) in [6.45, 7) is 5.49. The van der Waals surface area contributed by atoms with Gasteiger partial charge in [0.2, 0.25) is 11.8 Å². The second-order valence-electron chi connectivity index (χ2n) is 9.64. The Balaban J connectivity index is 1.73. The van der Waals surface area contributed by atoms with Crippen LogP contribution in [0.1, 0.15) is 26.3 Å². The van der Waals surface area contributed by atoms with Gasteiger partial charge in [-0.05, 0) is 62.7 Å². The molecular weight excluding hydrogens is 554 g/mol. The fourth-order valence-corrected chi connectivity index (χ4v) is 5.76. The summed E-state index contributed by atoms with van der Waals surface area (Å²) in [6, 6.07) is 18.5. The van der Waals surface area contributed by atoms with Gasteiger partial charge in [-0.3, -0.25) is 13.9 Å². The molecule has 0 fully saturated rings. The number of hydrogen-bond acceptors (Lipinski definition) is 6. The molecule has 0 saturated carbocycles. The van der Waals surface area contributed by atoms with Crippen LogP contribution in [0.2, 0.25) is 5.02 Å². The van der Waals surface area contributed by atoms with E-state index in [0.717, 1.165) is 9.87 Å². The van der Waals surface area contributed by atoms with Crippen molar-refractivity contribution in [3.63, 3.8) is 0 Å². The van der Waals surface area contributed by atoms with Crippen molar-refractivity contribution in [3.05, 3.63) is 83.4 Å². The lowest BCUT2D eigenvalue weighted by Crippen LogP contribution is -2.52. The molecule has 0 unspecified atom stereocenters. The van der Waals surface area contributed by atoms with Crippen LogP contribution in [0.15, 0.2) is 77.7 Å². The van der Waals surface area contributed by atoms with Crippen molar-refractivity contribution in [2.45, 2.75) is 44.3 Å². The number of rotatable bonds is 10. The molecule has 0 bridgehead atoms. The Morgan fingerprint density at radius 3 is 2.23 bits per heavy atom. The topological polar surface area (TPSA) is 105 Å². The van der Waals surface area contributed by atoms with Crippen LogP contribution in [0, 0.1) is 0 Å². The van der Waals surface area contributed by atoms with E-state index in [1.165, 1.54) is 17.0 Å². The molecule has 1 heterocycles. The lowest BCUT2D eigenvalue weighted by atomic mass is 10.1. The number of ether oxygens (including phenoxy) is 2. The number of carbonyl (C=O) groups is 2. The van der Waals surface area contributed by atoms with E-state index in [-0.39, 0.29) is 29.1 Å². The third-order valence-electron chi connectivity index (χ3n) is 6.29. The normalized spacial score (nSPS) is 13.4. The Morgan fingerprint density at radius 1 is 0.925 bits per heavy atom. The molecular formula is C29H32ClN3O6S. The standard InChI is InChI=1S/C29H32ClN3O6S/c1-20(2)31-29(35)21(3)32(18-22-9-11-23(30)12-10-22)28(34)19-33(40(36,37)25-7-5-4-6-8-25)24-13-14-26-27(17-24)39-16-15-38-26/h4-14,17,20-21H,15-16,18-19H2,1-3H3,(H,31,35)/t21-/m0/s1. The molecule has 3 aromatic rings. The summed E-state index contributed by atoms with van der Waals surface area (Å²) in [5, 5.41) is 3.37. The van der Waals surface area contributed by atoms with Crippen LogP contribution in [0.5, 0.6) is 11.5 Å². The minimum atomic E-state index is -4.18. The van der Waals surface area contributed by atoms with Gasteiger partial charge in [-0.1, -0.05) is 41.9 Å². The Labute approximate surface area is 239 Å². The van der Waals surface area contributed by atoms with E-state index in [9.17, 15) is 18.0 Å². The van der Waals surface area contributed by atoms with Gasteiger partial charge in [-0.2, -0.15) is 0 Å². The molecule has 1 aliphatic heterocycles. The van der Waals surface area contributed by atoms with Crippen molar-refractivity contribution in [2.75, 3.05) is 24.1 Å². The molecule has 0 saturated heterocycles. The highest BCUT2D eigenvalue weighted by Gasteiger charge is 2.33. The number of hydrogen-bond donors (Lipinski definition) is 1. The van der Waals surface area contributed by atoms with Crippen molar-refractivity contribution in [3.8, 4) is 11.5 Å². The summed E-state index contributed by atoms with van der Waals surface area (Å²) in [4.78, 5) is 28.3. The quantitative estimate of drug-likeness (QED) is 0.381. The predicted molar refractivity (Wildman–Crippen MR) is 153 cm³/mol. The first-order valence-corrected chi connectivity index (χ1v) is 14.7. The van der Waals surface area contributed by atoms with Gasteiger partial charge in [-0.25, -0.2) is 8.42 Å². The van der Waals surface area contributed by atoms with Crippen molar-refractivity contribution in [2.24, 2.45) is 0 Å². The summed E-state index contributed by atoms with van der Waals surface area (Å²) in [7, 11) is -4.18. The molecule has 40 heavy (non-hydrogen) atoms. The van der Waals surface area contributed by atoms with Crippen LogP contribution >= 0.6 is 11.6 Å². The van der Waals surface area contributed by atoms with E-state index in [1.54, 1.807) is 67.6 Å². The van der Waals surface area contributed by atoms with Gasteiger partial charge >= 0.3 is 0 Å². The van der Waals surface area contributed by atoms with Crippen LogP contribution in [-0.4, -0.2) is 57.0 Å². The molecule has 9 nitrogen and oxygen atoms in total. The van der Waals surface area contributed by atoms with Gasteiger partial charge in [0.15, 0.2) is 11.5 Å². The summed E-state index contributed by atoms with van der Waals surface area (Å²) in [5.74, 6) is -0.0428. The molecule has 0 aromatic heterocycles. The molecule has 1 atom stereocenters. The van der Waals surface area contributed by atoms with E-state index in [2.05, 4.69) is 5.32 Å². The monoisotopic (exact) mass is 585 g/mol. The molecule has 0 spiro atoms. The Hall–Kier alpha value is -3.76. The van der Waals surface area contributed by atoms with Gasteiger partial charge in [0.25, 0.3) is 10.0 Å². The Bertz CT molecular complexity index is 1450. The molecule has 2 amide bonds. The maximum atomic E-state index is 14.0. The maximum Gasteiger partial charge on any atom is 0.264 e. The van der Waals surface area contributed by atoms with Gasteiger partial charge < -0.3 is 19.7 Å². The molecule has 4 rings (SSSR count). The highest BCUT2D eigenvalue weighted by atomic mass is 35.5. The number of fused-ring (bicyclic) bond motifs is 1. The minimum absolute atomic E-state index is 0.0209. The highest BCUT2D eigenvalue weighted by molar-refractivity contribution is 7.92. The van der Waals surface area contributed by atoms with Crippen molar-refractivity contribution in [1.82, 2.24) is 10.2 Å². The molecule has 0 radical (unpaired) electrons. The summed E-state index contributed by atoms with van der Waals surface area (Å²) >= 11 is 6.04. The molecule has 11 heteroatoms. The van der Waals surface area contributed by atoms with E-state index < -0.39 is 28.5 Å². The lowest BCUT2D eigenvalue weighted by Gasteiger charge is -2.32. The first-order chi connectivity index (χ1) is 19.1. The smallest absolute Gasteiger partial charge is 0.264 e. The Morgan fingerprint density at radius 2 is 1.57 bits per heavy atom. The average Bonchev–Trinajstić information content (AvgIpc) is 2.95. The second kappa shape index (κ2) is 12.6. The molecule has 1 aliphatic rings. The van der Waals surface area contributed by atoms with Gasteiger partial charge in [0, 0.05) is 23.7 Å². The van der Waals surface area contributed by atoms with E-state index in [4.69, 9.17) is 21.1 Å². The van der Waals surface area contributed by atoms with E-state index in [1.807, 2.05) is 13.8 Å². The van der Waals surface area contributed by atoms with Crippen LogP contribution in [0.4, 0.5) is 5.69 Å². The largest absolute Gasteiger partial charge is 0.486 e. The molecule has 0 aliphatic carbocycles. The number of benzene rings is 3. The number of nitrogens with one attached hydrogen (secondary N) is 1. The summed E-state index contributed by atoms with van der Waals surface area (Å²) in [5.41, 5.74) is 0.964. The number of amides is 2. The Kier molecular flexibility index (Phi) is 9.21. The number of halogens is 1. The molecule has 212 valence electrons. The SMILES string of the molecule is CC(C)NC(=O)[C@H](C)N(Cc1ccc(Cl)cc1)C(=O)CN(c1ccc2c(c1)OCCO2)S(=O)(=O)c1ccccc1. The van der Waals surface area contributed by atoms with Crippen LogP contribution in [0.25, 0.3) is 0 Å². The van der Waals surface area contributed by atoms with Crippen molar-refractivity contribution >= 4 is 39.1 Å². The number of carbonyl (C=O) groups excluding carboxylic acids is 2. The highest BCUT2D eigenvalue weighted by Crippen LogP contribution is 2.36. The fourth-order valence-electron chi connectivity index (χ4n) is 4.21. The van der Waals surface area contributed by atoms with Crippen molar-refractivity contribution in [1.29, 1.82) is 0 Å². The zero-order valence-corrected chi connectivity index (χ0v) is 24.1. The zero-order valence-electron chi connectivity index (χ0n) is 22.5. The molecule has 1 N–H and O–H groups in total. The summed E-state index contributed by atoms with van der Waals surface area (Å²) < 4.78 is 40.1. The fraction of sp³-hybridized carbons (Fsp3) is 0.310. The first kappa shape index (κ1) is 29.2. The third-order valence-corrected chi connectivity index (χ3v) is 8.33. The van der Waals surface area contributed by atoms with Crippen molar-refractivity contribution < 1.29 is 27.5 Å². The maximum absolute atomic E-state index is 14.0. The second-order valence-corrected chi connectivity index (χ2v) is 11.9.